The number of rotatable bonds is 7. The maximum atomic E-state index is 14.8. The van der Waals surface area contributed by atoms with Gasteiger partial charge in [-0.25, -0.2) is 4.39 Å². The molecule has 0 bridgehead atoms. The first-order chi connectivity index (χ1) is 21.9. The fraction of sp³-hybridized carbons (Fsp3) is 0.400. The van der Waals surface area contributed by atoms with Crippen molar-refractivity contribution in [2.75, 3.05) is 18.4 Å². The number of nitrogens with zero attached hydrogens (tertiary/aromatic N) is 1. The van der Waals surface area contributed by atoms with E-state index in [9.17, 15) is 23.9 Å². The predicted molar refractivity (Wildman–Crippen MR) is 174 cm³/mol. The van der Waals surface area contributed by atoms with Gasteiger partial charge >= 0.3 is 0 Å². The molecule has 242 valence electrons. The van der Waals surface area contributed by atoms with Crippen molar-refractivity contribution in [3.8, 4) is 5.75 Å². The molecule has 8 nitrogen and oxygen atoms in total. The topological polar surface area (TPSA) is 108 Å². The van der Waals surface area contributed by atoms with E-state index >= 15 is 0 Å². The minimum Gasteiger partial charge on any atom is -0.477 e. The molecule has 3 amide bonds. The Labute approximate surface area is 277 Å². The summed E-state index contributed by atoms with van der Waals surface area (Å²) in [4.78, 5) is 43.8. The van der Waals surface area contributed by atoms with Gasteiger partial charge in [0.1, 0.15) is 17.0 Å². The van der Waals surface area contributed by atoms with Crippen LogP contribution in [0.1, 0.15) is 73.7 Å². The molecule has 3 aliphatic heterocycles. The first-order valence-electron chi connectivity index (χ1n) is 15.6. The molecule has 1 spiro atoms. The number of nitrogens with one attached hydrogen (secondary N) is 2. The number of benzene rings is 3. The monoisotopic (exact) mass is 667 g/mol. The highest BCUT2D eigenvalue weighted by atomic mass is 35.5. The van der Waals surface area contributed by atoms with Crippen molar-refractivity contribution in [1.82, 2.24) is 10.2 Å². The Hall–Kier alpha value is -3.66. The van der Waals surface area contributed by atoms with E-state index in [-0.39, 0.29) is 24.8 Å². The second kappa shape index (κ2) is 12.2. The van der Waals surface area contributed by atoms with E-state index in [0.717, 1.165) is 0 Å². The number of piperidine rings is 1. The number of amides is 3. The van der Waals surface area contributed by atoms with Crippen LogP contribution in [0.3, 0.4) is 0 Å². The van der Waals surface area contributed by atoms with Gasteiger partial charge in [-0.05, 0) is 85.3 Å². The van der Waals surface area contributed by atoms with E-state index in [4.69, 9.17) is 27.9 Å². The minimum atomic E-state index is -1.47. The molecule has 3 N–H and O–H groups in total. The fourth-order valence-electron chi connectivity index (χ4n) is 7.49. The Bertz CT molecular complexity index is 1730. The number of carbonyl (C=O) groups excluding carboxylic acids is 3. The van der Waals surface area contributed by atoms with Crippen molar-refractivity contribution < 1.29 is 28.6 Å². The van der Waals surface area contributed by atoms with Crippen molar-refractivity contribution in [1.29, 1.82) is 0 Å². The third-order valence-corrected chi connectivity index (χ3v) is 10.4. The first kappa shape index (κ1) is 32.3. The van der Waals surface area contributed by atoms with Gasteiger partial charge in [0.25, 0.3) is 5.91 Å². The zero-order chi connectivity index (χ0) is 33.0. The predicted octanol–water partition coefficient (Wildman–Crippen LogP) is 6.21. The van der Waals surface area contributed by atoms with Crippen LogP contribution in [-0.2, 0) is 19.8 Å². The molecule has 4 atom stereocenters. The Morgan fingerprint density at radius 3 is 2.48 bits per heavy atom. The second-order valence-corrected chi connectivity index (χ2v) is 13.3. The summed E-state index contributed by atoms with van der Waals surface area (Å²) >= 11 is 13.0. The molecule has 3 aromatic carbocycles. The summed E-state index contributed by atoms with van der Waals surface area (Å²) in [6.07, 6.45) is 0.440. The van der Waals surface area contributed by atoms with Gasteiger partial charge in [0.15, 0.2) is 5.60 Å². The minimum absolute atomic E-state index is 0.117. The van der Waals surface area contributed by atoms with Gasteiger partial charge in [0.05, 0.1) is 12.1 Å². The quantitative estimate of drug-likeness (QED) is 0.278. The SMILES string of the molecule is CCC(CC)(Oc1ccc(Cl)cc1C1CC(=O)NC(c2cc(F)ccc2C)C12C(=O)Nc1cc(Cl)ccc12)C(=O)N1CC[C@@H](O)C1. The van der Waals surface area contributed by atoms with Crippen LogP contribution in [0.25, 0.3) is 0 Å². The number of aryl methyl sites for hydroxylation is 1. The maximum Gasteiger partial charge on any atom is 0.266 e. The summed E-state index contributed by atoms with van der Waals surface area (Å²) in [5.41, 5.74) is -0.0522. The summed E-state index contributed by atoms with van der Waals surface area (Å²) in [5, 5.41) is 16.9. The maximum absolute atomic E-state index is 14.8. The van der Waals surface area contributed by atoms with Crippen LogP contribution in [0.4, 0.5) is 10.1 Å². The Balaban J connectivity index is 1.56. The molecule has 0 radical (unpaired) electrons. The van der Waals surface area contributed by atoms with Crippen LogP contribution in [0.15, 0.2) is 54.6 Å². The van der Waals surface area contributed by atoms with E-state index in [1.54, 1.807) is 54.3 Å². The van der Waals surface area contributed by atoms with Gasteiger partial charge in [-0.2, -0.15) is 0 Å². The molecule has 46 heavy (non-hydrogen) atoms. The molecule has 0 aromatic heterocycles. The second-order valence-electron chi connectivity index (χ2n) is 12.5. The zero-order valence-electron chi connectivity index (χ0n) is 25.8. The Kier molecular flexibility index (Phi) is 8.54. The molecule has 3 heterocycles. The number of anilines is 1. The molecule has 11 heteroatoms. The summed E-state index contributed by atoms with van der Waals surface area (Å²) in [6, 6.07) is 13.4. The molecule has 3 unspecified atom stereocenters. The molecule has 2 saturated heterocycles. The van der Waals surface area contributed by atoms with Crippen molar-refractivity contribution in [3.63, 3.8) is 0 Å². The lowest BCUT2D eigenvalue weighted by molar-refractivity contribution is -0.148. The van der Waals surface area contributed by atoms with Crippen LogP contribution in [0.2, 0.25) is 10.0 Å². The largest absolute Gasteiger partial charge is 0.477 e. The molecular formula is C35H36Cl2FN3O5. The lowest BCUT2D eigenvalue weighted by atomic mass is 9.59. The van der Waals surface area contributed by atoms with E-state index in [1.807, 2.05) is 13.8 Å². The van der Waals surface area contributed by atoms with Crippen LogP contribution in [0, 0.1) is 12.7 Å². The lowest BCUT2D eigenvalue weighted by Crippen LogP contribution is -2.57. The molecule has 0 saturated carbocycles. The van der Waals surface area contributed by atoms with Crippen molar-refractivity contribution >= 4 is 46.6 Å². The molecule has 3 aromatic rings. The van der Waals surface area contributed by atoms with Gasteiger partial charge in [0, 0.05) is 46.7 Å². The number of likely N-dealkylation sites (tertiary alicyclic amines) is 1. The number of hydrogen-bond acceptors (Lipinski definition) is 5. The van der Waals surface area contributed by atoms with E-state index in [1.165, 1.54) is 12.1 Å². The highest BCUT2D eigenvalue weighted by Crippen LogP contribution is 2.59. The molecular weight excluding hydrogens is 632 g/mol. The highest BCUT2D eigenvalue weighted by molar-refractivity contribution is 6.31. The third kappa shape index (κ3) is 5.22. The molecule has 0 aliphatic carbocycles. The lowest BCUT2D eigenvalue weighted by Gasteiger charge is -2.47. The zero-order valence-corrected chi connectivity index (χ0v) is 27.3. The number of aliphatic hydroxyl groups is 1. The number of hydrogen-bond donors (Lipinski definition) is 3. The number of fused-ring (bicyclic) bond motifs is 2. The average Bonchev–Trinajstić information content (AvgIpc) is 3.58. The number of carbonyl (C=O) groups is 3. The van der Waals surface area contributed by atoms with Gasteiger partial charge < -0.3 is 25.4 Å². The number of aliphatic hydroxyl groups excluding tert-OH is 1. The van der Waals surface area contributed by atoms with E-state index in [0.29, 0.717) is 69.5 Å². The van der Waals surface area contributed by atoms with Crippen LogP contribution >= 0.6 is 23.2 Å². The van der Waals surface area contributed by atoms with Crippen molar-refractivity contribution in [3.05, 3.63) is 92.7 Å². The highest BCUT2D eigenvalue weighted by Gasteiger charge is 2.62. The Morgan fingerprint density at radius 2 is 1.78 bits per heavy atom. The Morgan fingerprint density at radius 1 is 1.07 bits per heavy atom. The number of ether oxygens (including phenoxy) is 1. The number of β-amino-alcohol motifs (C(OH)–C–C–N with tert-alkyl or cyclic N) is 1. The summed E-state index contributed by atoms with van der Waals surface area (Å²) < 4.78 is 21.6. The average molecular weight is 669 g/mol. The van der Waals surface area contributed by atoms with Gasteiger partial charge in [-0.15, -0.1) is 0 Å². The molecule has 3 aliphatic rings. The first-order valence-corrected chi connectivity index (χ1v) is 16.3. The van der Waals surface area contributed by atoms with Crippen LogP contribution < -0.4 is 15.4 Å². The van der Waals surface area contributed by atoms with E-state index < -0.39 is 40.8 Å². The molecule has 6 rings (SSSR count). The number of halogens is 3. The standard InChI is InChI=1S/C35H36Cl2FN3O5/c1-4-34(5-2,33(45)41-13-12-23(42)18-41)46-29-11-8-20(36)14-25(29)27-17-30(43)40-31(24-16-22(38)9-6-19(24)3)35(27)26-10-7-21(37)15-28(26)39-32(35)44/h6-11,14-16,23,27,31,42H,4-5,12-13,17-18H2,1-3H3,(H,39,44)(H,40,43)/t23-,27?,31?,35?/m1/s1. The summed E-state index contributed by atoms with van der Waals surface area (Å²) in [7, 11) is 0. The normalized spacial score (nSPS) is 24.2. The van der Waals surface area contributed by atoms with Gasteiger partial charge in [0.2, 0.25) is 11.8 Å². The smallest absolute Gasteiger partial charge is 0.266 e. The van der Waals surface area contributed by atoms with Gasteiger partial charge in [-0.1, -0.05) is 49.2 Å². The third-order valence-electron chi connectivity index (χ3n) is 9.94. The summed E-state index contributed by atoms with van der Waals surface area (Å²) in [5.74, 6) is -2.02. The molecule has 2 fully saturated rings. The van der Waals surface area contributed by atoms with Crippen molar-refractivity contribution in [2.24, 2.45) is 0 Å². The van der Waals surface area contributed by atoms with Crippen LogP contribution in [0.5, 0.6) is 5.75 Å². The summed E-state index contributed by atoms with van der Waals surface area (Å²) in [6.45, 7) is 6.17. The van der Waals surface area contributed by atoms with Crippen LogP contribution in [-0.4, -0.2) is 52.5 Å². The van der Waals surface area contributed by atoms with Gasteiger partial charge in [-0.3, -0.25) is 14.4 Å². The van der Waals surface area contributed by atoms with Crippen molar-refractivity contribution in [2.45, 2.75) is 75.5 Å². The fourth-order valence-corrected chi connectivity index (χ4v) is 7.85. The van der Waals surface area contributed by atoms with E-state index in [2.05, 4.69) is 10.6 Å².